The van der Waals surface area contributed by atoms with Gasteiger partial charge in [0.05, 0.1) is 18.2 Å². The van der Waals surface area contributed by atoms with Gasteiger partial charge in [-0.15, -0.1) is 0 Å². The predicted octanol–water partition coefficient (Wildman–Crippen LogP) is 3.16. The van der Waals surface area contributed by atoms with Gasteiger partial charge in [0.25, 0.3) is 0 Å². The van der Waals surface area contributed by atoms with E-state index in [1.807, 2.05) is 13.8 Å². The molecule has 5 heteroatoms. The van der Waals surface area contributed by atoms with Crippen LogP contribution in [0.3, 0.4) is 0 Å². The van der Waals surface area contributed by atoms with Gasteiger partial charge in [0.15, 0.2) is 0 Å². The van der Waals surface area contributed by atoms with E-state index < -0.39 is 0 Å². The zero-order chi connectivity index (χ0) is 17.1. The maximum absolute atomic E-state index is 13.1. The third kappa shape index (κ3) is 4.00. The molecular weight excluding hydrogens is 302 g/mol. The summed E-state index contributed by atoms with van der Waals surface area (Å²) in [6.45, 7) is 7.89. The Kier molecular flexibility index (Phi) is 5.59. The molecule has 2 aliphatic rings. The number of nitrogens with zero attached hydrogens (tertiary/aromatic N) is 2. The lowest BCUT2D eigenvalue weighted by atomic mass is 9.86. The summed E-state index contributed by atoms with van der Waals surface area (Å²) in [6.07, 6.45) is 7.58. The lowest BCUT2D eigenvalue weighted by Crippen LogP contribution is -2.46. The molecule has 1 aliphatic carbocycles. The van der Waals surface area contributed by atoms with E-state index in [1.165, 1.54) is 12.8 Å². The van der Waals surface area contributed by atoms with Crippen LogP contribution in [-0.2, 0) is 16.0 Å². The van der Waals surface area contributed by atoms with Crippen molar-refractivity contribution in [1.82, 2.24) is 15.1 Å². The van der Waals surface area contributed by atoms with Crippen LogP contribution in [0.5, 0.6) is 0 Å². The molecule has 1 aromatic rings. The van der Waals surface area contributed by atoms with Crippen molar-refractivity contribution in [1.29, 1.82) is 0 Å². The van der Waals surface area contributed by atoms with E-state index in [4.69, 9.17) is 4.74 Å². The van der Waals surface area contributed by atoms with Crippen LogP contribution in [0.1, 0.15) is 62.4 Å². The molecule has 5 nitrogen and oxygen atoms in total. The maximum atomic E-state index is 13.1. The highest BCUT2D eigenvalue weighted by Crippen LogP contribution is 2.29. The molecule has 2 fully saturated rings. The van der Waals surface area contributed by atoms with Crippen molar-refractivity contribution in [3.63, 3.8) is 0 Å². The van der Waals surface area contributed by atoms with Crippen LogP contribution in [0.2, 0.25) is 0 Å². The van der Waals surface area contributed by atoms with Gasteiger partial charge in [0.2, 0.25) is 5.91 Å². The summed E-state index contributed by atoms with van der Waals surface area (Å²) in [5.74, 6) is 1.02. The van der Waals surface area contributed by atoms with Gasteiger partial charge < -0.3 is 9.64 Å². The number of amides is 1. The molecule has 24 heavy (non-hydrogen) atoms. The number of nitrogens with one attached hydrogen (secondary N) is 1. The molecule has 2 heterocycles. The first-order chi connectivity index (χ1) is 11.5. The summed E-state index contributed by atoms with van der Waals surface area (Å²) < 4.78 is 5.82. The van der Waals surface area contributed by atoms with E-state index in [1.54, 1.807) is 0 Å². The first-order valence-corrected chi connectivity index (χ1v) is 9.46. The topological polar surface area (TPSA) is 58.2 Å². The minimum atomic E-state index is 0.222. The molecule has 1 aliphatic heterocycles. The van der Waals surface area contributed by atoms with Crippen LogP contribution in [0, 0.1) is 19.8 Å². The Labute approximate surface area is 145 Å². The van der Waals surface area contributed by atoms with E-state index in [0.717, 1.165) is 61.7 Å². The number of hydrogen-bond acceptors (Lipinski definition) is 3. The molecule has 0 radical (unpaired) electrons. The van der Waals surface area contributed by atoms with Gasteiger partial charge in [-0.05, 0) is 58.3 Å². The van der Waals surface area contributed by atoms with E-state index >= 15 is 0 Å². The van der Waals surface area contributed by atoms with Crippen molar-refractivity contribution < 1.29 is 9.53 Å². The minimum absolute atomic E-state index is 0.222. The van der Waals surface area contributed by atoms with E-state index in [0.29, 0.717) is 12.5 Å². The molecule has 0 bridgehead atoms. The van der Waals surface area contributed by atoms with Gasteiger partial charge >= 0.3 is 0 Å². The molecule has 1 saturated heterocycles. The molecule has 1 unspecified atom stereocenters. The summed E-state index contributed by atoms with van der Waals surface area (Å²) in [6, 6.07) is 0.380. The monoisotopic (exact) mass is 333 g/mol. The Bertz CT molecular complexity index is 535. The van der Waals surface area contributed by atoms with Crippen LogP contribution in [0.15, 0.2) is 0 Å². The van der Waals surface area contributed by atoms with Crippen molar-refractivity contribution in [2.75, 3.05) is 13.2 Å². The van der Waals surface area contributed by atoms with Gasteiger partial charge in [-0.3, -0.25) is 9.89 Å². The average molecular weight is 333 g/mol. The van der Waals surface area contributed by atoms with Crippen molar-refractivity contribution >= 4 is 5.91 Å². The first-order valence-electron chi connectivity index (χ1n) is 9.46. The minimum Gasteiger partial charge on any atom is -0.376 e. The molecule has 1 aromatic heterocycles. The van der Waals surface area contributed by atoms with Gasteiger partial charge in [0.1, 0.15) is 0 Å². The Balaban J connectivity index is 1.71. The van der Waals surface area contributed by atoms with Crippen molar-refractivity contribution in [3.8, 4) is 0 Å². The molecule has 134 valence electrons. The van der Waals surface area contributed by atoms with E-state index in [9.17, 15) is 4.79 Å². The van der Waals surface area contributed by atoms with Crippen LogP contribution >= 0.6 is 0 Å². The summed E-state index contributed by atoms with van der Waals surface area (Å²) in [4.78, 5) is 15.2. The van der Waals surface area contributed by atoms with E-state index in [2.05, 4.69) is 22.0 Å². The summed E-state index contributed by atoms with van der Waals surface area (Å²) in [7, 11) is 0. The molecule has 0 aromatic carbocycles. The second kappa shape index (κ2) is 7.68. The number of rotatable bonds is 5. The maximum Gasteiger partial charge on any atom is 0.227 e. The number of H-pyrrole nitrogens is 1. The molecule has 1 amide bonds. The lowest BCUT2D eigenvalue weighted by molar-refractivity contribution is -0.135. The van der Waals surface area contributed by atoms with Crippen molar-refractivity contribution in [2.45, 2.75) is 77.9 Å². The van der Waals surface area contributed by atoms with Crippen LogP contribution in [0.25, 0.3) is 0 Å². The quantitative estimate of drug-likeness (QED) is 0.900. The van der Waals surface area contributed by atoms with E-state index in [-0.39, 0.29) is 12.0 Å². The van der Waals surface area contributed by atoms with Gasteiger partial charge in [-0.2, -0.15) is 5.10 Å². The fraction of sp³-hybridized carbons (Fsp3) is 0.789. The van der Waals surface area contributed by atoms with Crippen molar-refractivity contribution in [3.05, 3.63) is 17.0 Å². The molecule has 0 spiro atoms. The second-order valence-corrected chi connectivity index (χ2v) is 7.68. The van der Waals surface area contributed by atoms with Crippen LogP contribution in [-0.4, -0.2) is 46.3 Å². The number of carbonyl (C=O) groups is 1. The summed E-state index contributed by atoms with van der Waals surface area (Å²) >= 11 is 0. The Hall–Kier alpha value is -1.36. The Morgan fingerprint density at radius 2 is 2.00 bits per heavy atom. The van der Waals surface area contributed by atoms with Crippen LogP contribution in [0.4, 0.5) is 0 Å². The SMILES string of the molecule is Cc1n[nH]c(C)c1CC(=O)N(CC1CCCO1)C1CCC(C)CC1. The lowest BCUT2D eigenvalue weighted by Gasteiger charge is -2.37. The number of ether oxygens (including phenoxy) is 1. The van der Waals surface area contributed by atoms with Gasteiger partial charge in [0, 0.05) is 30.5 Å². The highest BCUT2D eigenvalue weighted by atomic mass is 16.5. The van der Waals surface area contributed by atoms with Crippen LogP contribution < -0.4 is 0 Å². The van der Waals surface area contributed by atoms with Gasteiger partial charge in [-0.1, -0.05) is 6.92 Å². The third-order valence-corrected chi connectivity index (χ3v) is 5.78. The van der Waals surface area contributed by atoms with Gasteiger partial charge in [-0.25, -0.2) is 0 Å². The molecule has 1 N–H and O–H groups in total. The number of aromatic nitrogens is 2. The normalized spacial score (nSPS) is 27.4. The Morgan fingerprint density at radius 1 is 1.25 bits per heavy atom. The highest BCUT2D eigenvalue weighted by molar-refractivity contribution is 5.79. The molecule has 1 atom stereocenters. The summed E-state index contributed by atoms with van der Waals surface area (Å²) in [5.41, 5.74) is 3.01. The zero-order valence-electron chi connectivity index (χ0n) is 15.3. The van der Waals surface area contributed by atoms with Crippen molar-refractivity contribution in [2.24, 2.45) is 5.92 Å². The number of aryl methyl sites for hydroxylation is 2. The zero-order valence-corrected chi connectivity index (χ0v) is 15.3. The summed E-state index contributed by atoms with van der Waals surface area (Å²) in [5, 5.41) is 7.23. The molecule has 1 saturated carbocycles. The second-order valence-electron chi connectivity index (χ2n) is 7.68. The highest BCUT2D eigenvalue weighted by Gasteiger charge is 2.31. The molecule has 3 rings (SSSR count). The fourth-order valence-corrected chi connectivity index (χ4v) is 4.10. The third-order valence-electron chi connectivity index (χ3n) is 5.78. The number of carbonyl (C=O) groups excluding carboxylic acids is 1. The number of hydrogen-bond donors (Lipinski definition) is 1. The first kappa shape index (κ1) is 17.5. The number of aromatic amines is 1. The fourth-order valence-electron chi connectivity index (χ4n) is 4.10. The Morgan fingerprint density at radius 3 is 2.58 bits per heavy atom. The molecular formula is C19H31N3O2. The average Bonchev–Trinajstić information content (AvgIpc) is 3.19. The largest absolute Gasteiger partial charge is 0.376 e. The predicted molar refractivity (Wildman–Crippen MR) is 93.9 cm³/mol. The smallest absolute Gasteiger partial charge is 0.227 e. The standard InChI is InChI=1S/C19H31N3O2/c1-13-6-8-16(9-7-13)22(12-17-5-4-10-24-17)19(23)11-18-14(2)20-21-15(18)3/h13,16-17H,4-12H2,1-3H3,(H,20,21).